The van der Waals surface area contributed by atoms with E-state index >= 15 is 0 Å². The van der Waals surface area contributed by atoms with Crippen molar-refractivity contribution in [1.29, 1.82) is 0 Å². The lowest BCUT2D eigenvalue weighted by molar-refractivity contribution is -0.138. The van der Waals surface area contributed by atoms with Gasteiger partial charge in [-0.3, -0.25) is 4.79 Å². The van der Waals surface area contributed by atoms with Crippen LogP contribution in [0.3, 0.4) is 0 Å². The second-order valence-electron chi connectivity index (χ2n) is 6.09. The van der Waals surface area contributed by atoms with Gasteiger partial charge in [-0.25, -0.2) is 18.4 Å². The summed E-state index contributed by atoms with van der Waals surface area (Å²) in [6, 6.07) is 0. The Kier molecular flexibility index (Phi) is 8.84. The third-order valence-corrected chi connectivity index (χ3v) is 4.71. The molecule has 0 saturated carbocycles. The van der Waals surface area contributed by atoms with E-state index in [1.165, 1.54) is 10.4 Å². The van der Waals surface area contributed by atoms with Crippen LogP contribution in [0.5, 0.6) is 0 Å². The second-order valence-corrected chi connectivity index (χ2v) is 8.11. The molecule has 1 aliphatic heterocycles. The fourth-order valence-corrected chi connectivity index (χ4v) is 2.98. The van der Waals surface area contributed by atoms with Crippen LogP contribution >= 0.6 is 0 Å². The van der Waals surface area contributed by atoms with E-state index in [0.717, 1.165) is 13.1 Å². The van der Waals surface area contributed by atoms with Crippen molar-refractivity contribution >= 4 is 16.5 Å². The number of hydrogen-bond donors (Lipinski definition) is 0. The zero-order chi connectivity index (χ0) is 17.4. The van der Waals surface area contributed by atoms with E-state index in [-0.39, 0.29) is 11.4 Å². The van der Waals surface area contributed by atoms with Crippen LogP contribution in [0.15, 0.2) is 12.7 Å². The third kappa shape index (κ3) is 8.47. The van der Waals surface area contributed by atoms with Gasteiger partial charge >= 0.3 is 0 Å². The first-order valence-corrected chi connectivity index (χ1v) is 8.77. The Bertz CT molecular complexity index is 435. The van der Waals surface area contributed by atoms with Crippen LogP contribution in [0.25, 0.3) is 0 Å². The molecule has 0 N–H and O–H groups in total. The number of rotatable bonds is 5. The highest BCUT2D eigenvalue weighted by atomic mass is 32.2. The third-order valence-electron chi connectivity index (χ3n) is 2.90. The Balaban J connectivity index is 0.000000534. The maximum atomic E-state index is 11.7. The molecule has 0 atom stereocenters. The summed E-state index contributed by atoms with van der Waals surface area (Å²) in [5, 5.41) is 4.12. The van der Waals surface area contributed by atoms with E-state index in [1.54, 1.807) is 0 Å². The van der Waals surface area contributed by atoms with Crippen molar-refractivity contribution in [3.8, 4) is 0 Å². The lowest BCUT2D eigenvalue weighted by Gasteiger charge is -2.37. The molecule has 1 fully saturated rings. The normalized spacial score (nSPS) is 17.5. The predicted molar refractivity (Wildman–Crippen MR) is 87.7 cm³/mol. The monoisotopic (exact) mass is 335 g/mol. The Morgan fingerprint density at radius 2 is 1.68 bits per heavy atom. The van der Waals surface area contributed by atoms with Crippen molar-refractivity contribution in [3.05, 3.63) is 12.7 Å². The largest absolute Gasteiger partial charge is 0.462 e. The summed E-state index contributed by atoms with van der Waals surface area (Å²) in [5.41, 5.74) is -0.318. The van der Waals surface area contributed by atoms with Crippen molar-refractivity contribution in [2.75, 3.05) is 46.0 Å². The molecular weight excluding hydrogens is 306 g/mol. The molecule has 8 heteroatoms. The molecule has 1 aliphatic rings. The molecule has 7 nitrogen and oxygen atoms in total. The molecule has 0 amide bonds. The van der Waals surface area contributed by atoms with Gasteiger partial charge in [-0.05, 0) is 20.8 Å². The van der Waals surface area contributed by atoms with Crippen molar-refractivity contribution in [1.82, 2.24) is 14.3 Å². The molecule has 0 aromatic heterocycles. The van der Waals surface area contributed by atoms with Gasteiger partial charge in [0, 0.05) is 40.3 Å². The number of hydrogen-bond acceptors (Lipinski definition) is 6. The van der Waals surface area contributed by atoms with Crippen LogP contribution < -0.4 is 0 Å². The van der Waals surface area contributed by atoms with E-state index in [0.29, 0.717) is 19.6 Å². The summed E-state index contributed by atoms with van der Waals surface area (Å²) in [5.74, 6) is 0.0367. The van der Waals surface area contributed by atoms with Crippen LogP contribution in [-0.4, -0.2) is 80.8 Å². The molecule has 1 saturated heterocycles. The lowest BCUT2D eigenvalue weighted by Crippen LogP contribution is -2.53. The average molecular weight is 335 g/mol. The molecule has 0 radical (unpaired) electrons. The Labute approximate surface area is 134 Å². The number of sulfonamides is 1. The van der Waals surface area contributed by atoms with Crippen molar-refractivity contribution in [2.45, 2.75) is 26.4 Å². The molecule has 0 spiro atoms. The summed E-state index contributed by atoms with van der Waals surface area (Å²) in [6.45, 7) is 12.0. The van der Waals surface area contributed by atoms with E-state index in [2.05, 4.69) is 16.3 Å². The lowest BCUT2D eigenvalue weighted by atomic mass is 10.2. The van der Waals surface area contributed by atoms with Gasteiger partial charge < -0.3 is 4.74 Å². The summed E-state index contributed by atoms with van der Waals surface area (Å²) in [6.07, 6.45) is 1.44. The number of hydrazine groups is 1. The fourth-order valence-electron chi connectivity index (χ4n) is 1.75. The summed E-state index contributed by atoms with van der Waals surface area (Å²) in [7, 11) is 0.820. The molecule has 0 unspecified atom stereocenters. The summed E-state index contributed by atoms with van der Waals surface area (Å²) in [4.78, 5) is 9.60. The fraction of sp³-hybridized carbons (Fsp3) is 0.786. The van der Waals surface area contributed by atoms with Gasteiger partial charge in [0.25, 0.3) is 6.47 Å². The van der Waals surface area contributed by atoms with Crippen LogP contribution in [0.2, 0.25) is 0 Å². The zero-order valence-electron chi connectivity index (χ0n) is 14.3. The van der Waals surface area contributed by atoms with Crippen LogP contribution in [0.1, 0.15) is 20.8 Å². The summed E-state index contributed by atoms with van der Waals surface area (Å²) >= 11 is 0. The molecule has 1 heterocycles. The minimum Gasteiger partial charge on any atom is -0.462 e. The molecule has 0 aliphatic carbocycles. The van der Waals surface area contributed by atoms with Crippen molar-refractivity contribution < 1.29 is 17.9 Å². The number of piperazine rings is 1. The average Bonchev–Trinajstić information content (AvgIpc) is 2.38. The standard InChI is InChI=1S/C9H19N3O2S.C5H10O2/c1-4-9-15(13,14)12-7-5-11(6-8-12)10(2)3;1-5(2,3)7-4-6/h4H,1,5-9H2,2-3H3;4H,1-3H3. The van der Waals surface area contributed by atoms with E-state index in [9.17, 15) is 13.2 Å². The van der Waals surface area contributed by atoms with Crippen LogP contribution in [-0.2, 0) is 19.6 Å². The Hall–Kier alpha value is -0.960. The van der Waals surface area contributed by atoms with Crippen molar-refractivity contribution in [3.63, 3.8) is 0 Å². The van der Waals surface area contributed by atoms with Crippen LogP contribution in [0.4, 0.5) is 0 Å². The summed E-state index contributed by atoms with van der Waals surface area (Å²) < 4.78 is 29.5. The maximum absolute atomic E-state index is 11.7. The minimum absolute atomic E-state index is 0.0367. The van der Waals surface area contributed by atoms with Crippen molar-refractivity contribution in [2.24, 2.45) is 0 Å². The SMILES string of the molecule is C=CCS(=O)(=O)N1CCN(N(C)C)CC1.CC(C)(C)OC=O. The number of ether oxygens (including phenoxy) is 1. The quantitative estimate of drug-likeness (QED) is 0.540. The number of carbonyl (C=O) groups is 1. The van der Waals surface area contributed by atoms with Gasteiger partial charge in [0.05, 0.1) is 5.75 Å². The first kappa shape index (κ1) is 21.0. The number of carbonyl (C=O) groups excluding carboxylic acids is 1. The highest BCUT2D eigenvalue weighted by Gasteiger charge is 2.26. The van der Waals surface area contributed by atoms with Gasteiger partial charge in [0.2, 0.25) is 10.0 Å². The first-order chi connectivity index (χ1) is 10.0. The highest BCUT2D eigenvalue weighted by molar-refractivity contribution is 7.89. The molecule has 0 aromatic carbocycles. The van der Waals surface area contributed by atoms with Gasteiger partial charge in [0.1, 0.15) is 5.60 Å². The zero-order valence-corrected chi connectivity index (χ0v) is 15.1. The molecule has 0 aromatic rings. The van der Waals surface area contributed by atoms with Gasteiger partial charge in [-0.2, -0.15) is 4.31 Å². The second kappa shape index (κ2) is 9.24. The molecular formula is C14H29N3O4S. The Morgan fingerprint density at radius 1 is 1.18 bits per heavy atom. The predicted octanol–water partition coefficient (Wildman–Crippen LogP) is 0.554. The maximum Gasteiger partial charge on any atom is 0.293 e. The Morgan fingerprint density at radius 3 is 1.95 bits per heavy atom. The van der Waals surface area contributed by atoms with E-state index in [1.807, 2.05) is 39.9 Å². The van der Waals surface area contributed by atoms with Gasteiger partial charge in [-0.15, -0.1) is 6.58 Å². The molecule has 1 rings (SSSR count). The smallest absolute Gasteiger partial charge is 0.293 e. The van der Waals surface area contributed by atoms with Crippen LogP contribution in [0, 0.1) is 0 Å². The minimum atomic E-state index is -3.11. The van der Waals surface area contributed by atoms with E-state index in [4.69, 9.17) is 0 Å². The molecule has 22 heavy (non-hydrogen) atoms. The number of nitrogens with zero attached hydrogens (tertiary/aromatic N) is 3. The topological polar surface area (TPSA) is 70.2 Å². The first-order valence-electron chi connectivity index (χ1n) is 7.16. The molecule has 130 valence electrons. The van der Waals surface area contributed by atoms with Gasteiger partial charge in [0.15, 0.2) is 0 Å². The van der Waals surface area contributed by atoms with E-state index < -0.39 is 10.0 Å². The highest BCUT2D eigenvalue weighted by Crippen LogP contribution is 2.08. The molecule has 0 bridgehead atoms. The van der Waals surface area contributed by atoms with Gasteiger partial charge in [-0.1, -0.05) is 6.08 Å².